The summed E-state index contributed by atoms with van der Waals surface area (Å²) in [6.45, 7) is 33.6. The summed E-state index contributed by atoms with van der Waals surface area (Å²) in [5.74, 6) is 0.268. The first-order chi connectivity index (χ1) is 35.1. The molecule has 0 spiro atoms. The molecule has 8 aromatic rings. The minimum absolute atomic E-state index is 0.0351. The van der Waals surface area contributed by atoms with Crippen LogP contribution in [0.2, 0.25) is 0 Å². The highest BCUT2D eigenvalue weighted by atomic mass is 32.2. The quantitative estimate of drug-likeness (QED) is 0.163. The first-order valence-corrected chi connectivity index (χ1v) is 28.2. The van der Waals surface area contributed by atoms with Gasteiger partial charge in [0.2, 0.25) is 0 Å². The van der Waals surface area contributed by atoms with Gasteiger partial charge in [-0.05, 0) is 207 Å². The van der Waals surface area contributed by atoms with E-state index >= 15 is 0 Å². The molecule has 0 atom stereocenters. The lowest BCUT2D eigenvalue weighted by atomic mass is 9.63. The van der Waals surface area contributed by atoms with Gasteiger partial charge in [0.1, 0.15) is 0 Å². The average molecular weight is 989 g/mol. The smallest absolute Gasteiger partial charge is 0.0614 e. The van der Waals surface area contributed by atoms with Crippen LogP contribution < -0.4 is 10.2 Å². The van der Waals surface area contributed by atoms with Gasteiger partial charge in [-0.3, -0.25) is 0 Å². The predicted molar refractivity (Wildman–Crippen MR) is 320 cm³/mol. The van der Waals surface area contributed by atoms with Crippen LogP contribution in [0.25, 0.3) is 44.5 Å². The third kappa shape index (κ3) is 8.43. The van der Waals surface area contributed by atoms with Crippen LogP contribution in [0.15, 0.2) is 155 Å². The number of fused-ring (bicyclic) bond motifs is 4. The largest absolute Gasteiger partial charge is 0.355 e. The van der Waals surface area contributed by atoms with Crippen LogP contribution in [0.5, 0.6) is 0 Å². The normalized spacial score (nSPS) is 16.8. The Labute approximate surface area is 448 Å². The third-order valence-corrected chi connectivity index (χ3v) is 18.9. The minimum Gasteiger partial charge on any atom is -0.355 e. The van der Waals surface area contributed by atoms with Gasteiger partial charge in [-0.2, -0.15) is 0 Å². The van der Waals surface area contributed by atoms with Gasteiger partial charge in [-0.25, -0.2) is 0 Å². The standard InChI is InChI=1S/C71H76N2S/c1-43(2)51-30-32-59(72-50-29-31-55-57(40-50)70(11,12)35-34-68(55,7)8)66(65(51)53-27-21-19-23-45(53)4)64-47(6)54(52-26-20-18-22-44(52)3)41-62-67(64)74-63-39-49(48-24-16-15-17-25-48)28-33-60(63)73(62)61-42-58-56(38-46(61)5)69(9,10)36-37-71(58,13)14/h15-33,38-43,72H,34-37H2,1-14H3. The molecule has 1 heterocycles. The Hall–Kier alpha value is -6.29. The molecule has 3 heteroatoms. The first kappa shape index (κ1) is 49.9. The summed E-state index contributed by atoms with van der Waals surface area (Å²) < 4.78 is 0. The van der Waals surface area contributed by atoms with Gasteiger partial charge in [-0.1, -0.05) is 184 Å². The Morgan fingerprint density at radius 1 is 0.446 bits per heavy atom. The van der Waals surface area contributed by atoms with E-state index in [4.69, 9.17) is 0 Å². The average Bonchev–Trinajstić information content (AvgIpc) is 3.36. The molecular weight excluding hydrogens is 913 g/mol. The van der Waals surface area contributed by atoms with Crippen molar-refractivity contribution in [2.24, 2.45) is 0 Å². The topological polar surface area (TPSA) is 15.3 Å². The SMILES string of the molecule is Cc1ccccc1-c1cc2c(c(-c3c(Nc4ccc5c(c4)C(C)(C)CCC5(C)C)ccc(C(C)C)c3-c3ccccc3C)c1C)Sc1cc(-c3ccccc3)ccc1N2c1cc2c(cc1C)C(C)(C)CCC2(C)C. The van der Waals surface area contributed by atoms with E-state index in [0.717, 1.165) is 17.8 Å². The van der Waals surface area contributed by atoms with Crippen molar-refractivity contribution in [3.05, 3.63) is 196 Å². The summed E-state index contributed by atoms with van der Waals surface area (Å²) in [5, 5.41) is 4.22. The Morgan fingerprint density at radius 2 is 1.03 bits per heavy atom. The maximum absolute atomic E-state index is 4.22. The van der Waals surface area contributed by atoms with Crippen LogP contribution >= 0.6 is 11.8 Å². The van der Waals surface area contributed by atoms with Crippen molar-refractivity contribution >= 4 is 40.2 Å². The molecule has 0 aromatic heterocycles. The van der Waals surface area contributed by atoms with E-state index in [0.29, 0.717) is 0 Å². The molecule has 2 aliphatic carbocycles. The van der Waals surface area contributed by atoms with E-state index in [2.05, 4.69) is 253 Å². The highest BCUT2D eigenvalue weighted by Crippen LogP contribution is 2.61. The number of hydrogen-bond donors (Lipinski definition) is 1. The Morgan fingerprint density at radius 3 is 1.66 bits per heavy atom. The fraction of sp³-hybridized carbons (Fsp3) is 0.324. The lowest BCUT2D eigenvalue weighted by Crippen LogP contribution is -2.34. The molecule has 0 saturated carbocycles. The molecule has 1 N–H and O–H groups in total. The maximum Gasteiger partial charge on any atom is 0.0614 e. The van der Waals surface area contributed by atoms with E-state index in [1.54, 1.807) is 0 Å². The third-order valence-electron chi connectivity index (χ3n) is 17.8. The van der Waals surface area contributed by atoms with Gasteiger partial charge in [0, 0.05) is 38.0 Å². The maximum atomic E-state index is 4.22. The monoisotopic (exact) mass is 989 g/mol. The van der Waals surface area contributed by atoms with E-state index < -0.39 is 0 Å². The number of hydrogen-bond acceptors (Lipinski definition) is 3. The van der Waals surface area contributed by atoms with Crippen LogP contribution in [0.1, 0.15) is 151 Å². The molecule has 0 saturated heterocycles. The number of nitrogens with one attached hydrogen (secondary N) is 1. The summed E-state index contributed by atoms with van der Waals surface area (Å²) >= 11 is 1.95. The molecule has 0 radical (unpaired) electrons. The van der Waals surface area contributed by atoms with Crippen LogP contribution in [-0.4, -0.2) is 0 Å². The number of benzene rings is 8. The molecule has 1 aliphatic heterocycles. The summed E-state index contributed by atoms with van der Waals surface area (Å²) in [7, 11) is 0. The van der Waals surface area contributed by atoms with E-state index in [9.17, 15) is 0 Å². The molecule has 74 heavy (non-hydrogen) atoms. The second-order valence-electron chi connectivity index (χ2n) is 25.1. The van der Waals surface area contributed by atoms with Crippen molar-refractivity contribution in [2.75, 3.05) is 10.2 Å². The molecule has 376 valence electrons. The van der Waals surface area contributed by atoms with Crippen LogP contribution in [-0.2, 0) is 21.7 Å². The molecule has 3 aliphatic rings. The van der Waals surface area contributed by atoms with Gasteiger partial charge < -0.3 is 10.2 Å². The Kier molecular flexibility index (Phi) is 12.3. The van der Waals surface area contributed by atoms with Crippen LogP contribution in [0.4, 0.5) is 28.4 Å². The molecule has 11 rings (SSSR count). The van der Waals surface area contributed by atoms with Crippen LogP contribution in [0.3, 0.4) is 0 Å². The van der Waals surface area contributed by atoms with Crippen molar-refractivity contribution in [1.82, 2.24) is 0 Å². The van der Waals surface area contributed by atoms with Crippen molar-refractivity contribution in [1.29, 1.82) is 0 Å². The predicted octanol–water partition coefficient (Wildman–Crippen LogP) is 21.1. The van der Waals surface area contributed by atoms with Crippen molar-refractivity contribution in [3.8, 4) is 44.5 Å². The summed E-state index contributed by atoms with van der Waals surface area (Å²) in [6, 6.07) is 56.0. The molecule has 0 bridgehead atoms. The first-order valence-electron chi connectivity index (χ1n) is 27.4. The summed E-state index contributed by atoms with van der Waals surface area (Å²) in [4.78, 5) is 5.20. The number of aryl methyl sites for hydroxylation is 3. The van der Waals surface area contributed by atoms with Crippen molar-refractivity contribution in [2.45, 2.75) is 160 Å². The fourth-order valence-corrected chi connectivity index (χ4v) is 14.2. The second-order valence-corrected chi connectivity index (χ2v) is 26.2. The lowest BCUT2D eigenvalue weighted by Gasteiger charge is -2.44. The van der Waals surface area contributed by atoms with Crippen molar-refractivity contribution in [3.63, 3.8) is 0 Å². The van der Waals surface area contributed by atoms with Crippen molar-refractivity contribution < 1.29 is 0 Å². The van der Waals surface area contributed by atoms with Gasteiger partial charge in [0.05, 0.1) is 11.4 Å². The van der Waals surface area contributed by atoms with E-state index in [1.165, 1.54) is 141 Å². The summed E-state index contributed by atoms with van der Waals surface area (Å²) in [6.07, 6.45) is 4.69. The fourth-order valence-electron chi connectivity index (χ4n) is 12.9. The molecule has 0 amide bonds. The van der Waals surface area contributed by atoms with Gasteiger partial charge in [-0.15, -0.1) is 0 Å². The Bertz CT molecular complexity index is 3530. The Balaban J connectivity index is 1.28. The number of rotatable bonds is 8. The highest BCUT2D eigenvalue weighted by Gasteiger charge is 2.41. The second kappa shape index (κ2) is 18.2. The van der Waals surface area contributed by atoms with Gasteiger partial charge in [0.25, 0.3) is 0 Å². The molecule has 8 aromatic carbocycles. The molecule has 0 fully saturated rings. The number of nitrogens with zero attached hydrogens (tertiary/aromatic N) is 1. The van der Waals surface area contributed by atoms with E-state index in [1.807, 2.05) is 11.8 Å². The highest BCUT2D eigenvalue weighted by molar-refractivity contribution is 8.00. The molecule has 2 nitrogen and oxygen atoms in total. The zero-order valence-electron chi connectivity index (χ0n) is 46.6. The minimum atomic E-state index is 0.0351. The summed E-state index contributed by atoms with van der Waals surface area (Å²) in [5.41, 5.74) is 28.7. The number of anilines is 5. The molecule has 0 unspecified atom stereocenters. The van der Waals surface area contributed by atoms with Gasteiger partial charge in [0.15, 0.2) is 0 Å². The van der Waals surface area contributed by atoms with E-state index in [-0.39, 0.29) is 27.6 Å². The van der Waals surface area contributed by atoms with Gasteiger partial charge >= 0.3 is 0 Å². The lowest BCUT2D eigenvalue weighted by molar-refractivity contribution is 0.332. The zero-order valence-corrected chi connectivity index (χ0v) is 47.4. The zero-order chi connectivity index (χ0) is 52.2. The molecular formula is C71H76N2S. The van der Waals surface area contributed by atoms with Crippen LogP contribution in [0, 0.1) is 27.7 Å².